The molecule has 2 aromatic carbocycles. The fraction of sp³-hybridized carbons (Fsp3) is 0.364. The first-order chi connectivity index (χ1) is 13.1. The Morgan fingerprint density at radius 2 is 1.63 bits per heavy atom. The van der Waals surface area contributed by atoms with Crippen LogP contribution in [0.3, 0.4) is 0 Å². The Bertz CT molecular complexity index is 780. The maximum absolute atomic E-state index is 12.4. The van der Waals surface area contributed by atoms with E-state index in [4.69, 9.17) is 4.74 Å². The van der Waals surface area contributed by atoms with Crippen LogP contribution in [-0.2, 0) is 9.59 Å². The summed E-state index contributed by atoms with van der Waals surface area (Å²) in [6, 6.07) is 14.8. The molecule has 0 atom stereocenters. The number of benzene rings is 2. The van der Waals surface area contributed by atoms with Crippen molar-refractivity contribution in [2.24, 2.45) is 5.92 Å². The van der Waals surface area contributed by atoms with Gasteiger partial charge < -0.3 is 15.4 Å². The molecule has 3 rings (SSSR count). The standard InChI is InChI=1S/C22H26N2O3/c1-16-10-12-20(13-11-16)27-15-21(25)23-18-8-5-9-19(14-18)24-22(26)17-6-3-2-4-7-17/h5,8-14,17H,2-4,6-7,15H2,1H3,(H,23,25)(H,24,26). The van der Waals surface area contributed by atoms with E-state index in [2.05, 4.69) is 10.6 Å². The lowest BCUT2D eigenvalue weighted by molar-refractivity contribution is -0.120. The van der Waals surface area contributed by atoms with Crippen molar-refractivity contribution in [2.75, 3.05) is 17.2 Å². The lowest BCUT2D eigenvalue weighted by Crippen LogP contribution is -2.25. The summed E-state index contributed by atoms with van der Waals surface area (Å²) in [6.45, 7) is 1.93. The van der Waals surface area contributed by atoms with E-state index in [9.17, 15) is 9.59 Å². The maximum Gasteiger partial charge on any atom is 0.262 e. The zero-order chi connectivity index (χ0) is 19.1. The third-order valence-corrected chi connectivity index (χ3v) is 4.78. The Kier molecular flexibility index (Phi) is 6.47. The first kappa shape index (κ1) is 19.0. The fourth-order valence-electron chi connectivity index (χ4n) is 3.26. The number of nitrogens with one attached hydrogen (secondary N) is 2. The number of rotatable bonds is 6. The van der Waals surface area contributed by atoms with Crippen LogP contribution in [0.25, 0.3) is 0 Å². The minimum atomic E-state index is -0.244. The van der Waals surface area contributed by atoms with Crippen LogP contribution in [0.1, 0.15) is 37.7 Å². The predicted molar refractivity (Wildman–Crippen MR) is 107 cm³/mol. The van der Waals surface area contributed by atoms with E-state index in [-0.39, 0.29) is 24.3 Å². The smallest absolute Gasteiger partial charge is 0.262 e. The molecular formula is C22H26N2O3. The monoisotopic (exact) mass is 366 g/mol. The molecule has 2 aromatic rings. The number of anilines is 2. The molecule has 0 radical (unpaired) electrons. The van der Waals surface area contributed by atoms with E-state index in [1.807, 2.05) is 43.3 Å². The lowest BCUT2D eigenvalue weighted by Gasteiger charge is -2.20. The molecule has 2 N–H and O–H groups in total. The van der Waals surface area contributed by atoms with E-state index in [0.717, 1.165) is 31.2 Å². The van der Waals surface area contributed by atoms with Crippen molar-refractivity contribution in [2.45, 2.75) is 39.0 Å². The van der Waals surface area contributed by atoms with E-state index in [1.165, 1.54) is 6.42 Å². The van der Waals surface area contributed by atoms with Crippen molar-refractivity contribution < 1.29 is 14.3 Å². The number of hydrogen-bond acceptors (Lipinski definition) is 3. The van der Waals surface area contributed by atoms with E-state index in [1.54, 1.807) is 12.1 Å². The number of carbonyl (C=O) groups excluding carboxylic acids is 2. The summed E-state index contributed by atoms with van der Waals surface area (Å²) in [5.74, 6) is 0.580. The number of carbonyl (C=O) groups is 2. The predicted octanol–water partition coefficient (Wildman–Crippen LogP) is 4.53. The van der Waals surface area contributed by atoms with Crippen LogP contribution < -0.4 is 15.4 Å². The molecule has 1 aliphatic rings. The molecule has 0 bridgehead atoms. The highest BCUT2D eigenvalue weighted by Crippen LogP contribution is 2.25. The van der Waals surface area contributed by atoms with Gasteiger partial charge in [0.1, 0.15) is 5.75 Å². The van der Waals surface area contributed by atoms with Gasteiger partial charge in [-0.25, -0.2) is 0 Å². The molecule has 1 saturated carbocycles. The van der Waals surface area contributed by atoms with Gasteiger partial charge in [-0.15, -0.1) is 0 Å². The normalized spacial score (nSPS) is 14.4. The second-order valence-electron chi connectivity index (χ2n) is 7.05. The molecule has 27 heavy (non-hydrogen) atoms. The zero-order valence-electron chi connectivity index (χ0n) is 15.7. The van der Waals surface area contributed by atoms with Crippen molar-refractivity contribution in [3.05, 3.63) is 54.1 Å². The minimum absolute atomic E-state index is 0.0677. The van der Waals surface area contributed by atoms with E-state index < -0.39 is 0 Å². The van der Waals surface area contributed by atoms with Crippen LogP contribution in [0.5, 0.6) is 5.75 Å². The average molecular weight is 366 g/mol. The van der Waals surface area contributed by atoms with Gasteiger partial charge in [0.15, 0.2) is 6.61 Å². The van der Waals surface area contributed by atoms with Gasteiger partial charge in [-0.1, -0.05) is 43.0 Å². The Morgan fingerprint density at radius 3 is 2.33 bits per heavy atom. The highest BCUT2D eigenvalue weighted by Gasteiger charge is 2.21. The van der Waals surface area contributed by atoms with Gasteiger partial charge in [-0.2, -0.15) is 0 Å². The van der Waals surface area contributed by atoms with Crippen molar-refractivity contribution in [1.82, 2.24) is 0 Å². The number of aryl methyl sites for hydroxylation is 1. The molecule has 142 valence electrons. The number of amides is 2. The first-order valence-electron chi connectivity index (χ1n) is 9.50. The van der Waals surface area contributed by atoms with Crippen molar-refractivity contribution in [1.29, 1.82) is 0 Å². The van der Waals surface area contributed by atoms with Gasteiger partial charge >= 0.3 is 0 Å². The molecule has 0 spiro atoms. The molecule has 0 saturated heterocycles. The molecule has 0 aromatic heterocycles. The maximum atomic E-state index is 12.4. The van der Waals surface area contributed by atoms with Crippen LogP contribution in [0.4, 0.5) is 11.4 Å². The summed E-state index contributed by atoms with van der Waals surface area (Å²) in [6.07, 6.45) is 5.37. The van der Waals surface area contributed by atoms with Crippen LogP contribution in [0.2, 0.25) is 0 Å². The Balaban J connectivity index is 1.51. The molecule has 2 amide bonds. The van der Waals surface area contributed by atoms with Gasteiger partial charge in [0.05, 0.1) is 0 Å². The van der Waals surface area contributed by atoms with Crippen molar-refractivity contribution >= 4 is 23.2 Å². The molecule has 0 heterocycles. The topological polar surface area (TPSA) is 67.4 Å². The highest BCUT2D eigenvalue weighted by atomic mass is 16.5. The Hall–Kier alpha value is -2.82. The lowest BCUT2D eigenvalue weighted by atomic mass is 9.88. The Morgan fingerprint density at radius 1 is 0.963 bits per heavy atom. The van der Waals surface area contributed by atoms with Crippen LogP contribution in [0, 0.1) is 12.8 Å². The molecule has 1 aliphatic carbocycles. The van der Waals surface area contributed by atoms with Gasteiger partial charge in [-0.05, 0) is 50.1 Å². The highest BCUT2D eigenvalue weighted by molar-refractivity contribution is 5.95. The summed E-state index contributed by atoms with van der Waals surface area (Å²) in [4.78, 5) is 24.5. The third-order valence-electron chi connectivity index (χ3n) is 4.78. The SMILES string of the molecule is Cc1ccc(OCC(=O)Nc2cccc(NC(=O)C3CCCCC3)c2)cc1. The van der Waals surface area contributed by atoms with Crippen LogP contribution >= 0.6 is 0 Å². The number of ether oxygens (including phenoxy) is 1. The summed E-state index contributed by atoms with van der Waals surface area (Å²) >= 11 is 0. The molecule has 5 heteroatoms. The molecular weight excluding hydrogens is 340 g/mol. The number of hydrogen-bond donors (Lipinski definition) is 2. The summed E-state index contributed by atoms with van der Waals surface area (Å²) in [5.41, 5.74) is 2.47. The summed E-state index contributed by atoms with van der Waals surface area (Å²) in [5, 5.41) is 5.77. The Labute approximate surface area is 160 Å². The molecule has 5 nitrogen and oxygen atoms in total. The molecule has 0 aliphatic heterocycles. The minimum Gasteiger partial charge on any atom is -0.484 e. The second-order valence-corrected chi connectivity index (χ2v) is 7.05. The van der Waals surface area contributed by atoms with Crippen molar-refractivity contribution in [3.63, 3.8) is 0 Å². The van der Waals surface area contributed by atoms with Gasteiger partial charge in [0.25, 0.3) is 5.91 Å². The third kappa shape index (κ3) is 5.84. The average Bonchev–Trinajstić information content (AvgIpc) is 2.68. The molecule has 1 fully saturated rings. The van der Waals surface area contributed by atoms with Crippen molar-refractivity contribution in [3.8, 4) is 5.75 Å². The largest absolute Gasteiger partial charge is 0.484 e. The van der Waals surface area contributed by atoms with Crippen LogP contribution in [0.15, 0.2) is 48.5 Å². The fourth-order valence-corrected chi connectivity index (χ4v) is 3.26. The zero-order valence-corrected chi connectivity index (χ0v) is 15.7. The summed E-state index contributed by atoms with van der Waals surface area (Å²) < 4.78 is 5.49. The first-order valence-corrected chi connectivity index (χ1v) is 9.50. The van der Waals surface area contributed by atoms with Gasteiger partial charge in [0.2, 0.25) is 5.91 Å². The second kappa shape index (κ2) is 9.21. The van der Waals surface area contributed by atoms with Gasteiger partial charge in [0, 0.05) is 17.3 Å². The van der Waals surface area contributed by atoms with Gasteiger partial charge in [-0.3, -0.25) is 9.59 Å². The quantitative estimate of drug-likeness (QED) is 0.789. The van der Waals surface area contributed by atoms with E-state index in [0.29, 0.717) is 17.1 Å². The van der Waals surface area contributed by atoms with Crippen LogP contribution in [-0.4, -0.2) is 18.4 Å². The van der Waals surface area contributed by atoms with E-state index >= 15 is 0 Å². The summed E-state index contributed by atoms with van der Waals surface area (Å²) in [7, 11) is 0. The molecule has 0 unspecified atom stereocenters.